The van der Waals surface area contributed by atoms with Crippen LogP contribution in [0.15, 0.2) is 0 Å². The maximum absolute atomic E-state index is 11.1. The second-order valence-corrected chi connectivity index (χ2v) is 3.15. The van der Waals surface area contributed by atoms with Gasteiger partial charge in [0.05, 0.1) is 5.92 Å². The van der Waals surface area contributed by atoms with Crippen LogP contribution in [0.4, 0.5) is 0 Å². The number of carbonyl (C=O) groups is 1. The molecule has 1 aliphatic carbocycles. The molecule has 0 aromatic rings. The number of hydrogen-bond acceptors (Lipinski definition) is 2. The van der Waals surface area contributed by atoms with E-state index < -0.39 is 0 Å². The summed E-state index contributed by atoms with van der Waals surface area (Å²) in [7, 11) is 1.71. The zero-order chi connectivity index (χ0) is 7.14. The van der Waals surface area contributed by atoms with Crippen molar-refractivity contribution in [2.75, 3.05) is 13.6 Å². The molecule has 3 fully saturated rings. The second kappa shape index (κ2) is 1.95. The van der Waals surface area contributed by atoms with Gasteiger partial charge in [0.1, 0.15) is 0 Å². The van der Waals surface area contributed by atoms with Crippen molar-refractivity contribution in [2.24, 2.45) is 11.8 Å². The highest BCUT2D eigenvalue weighted by Crippen LogP contribution is 2.39. The first-order valence-corrected chi connectivity index (χ1v) is 3.78. The van der Waals surface area contributed by atoms with Crippen molar-refractivity contribution in [3.8, 4) is 0 Å². The van der Waals surface area contributed by atoms with Crippen LogP contribution in [0, 0.1) is 11.8 Å². The fourth-order valence-corrected chi connectivity index (χ4v) is 2.04. The maximum Gasteiger partial charge on any atom is 0.224 e. The molecule has 0 spiro atoms. The summed E-state index contributed by atoms with van der Waals surface area (Å²) in [5.41, 5.74) is 0. The first-order valence-electron chi connectivity index (χ1n) is 3.78. The van der Waals surface area contributed by atoms with Crippen LogP contribution >= 0.6 is 0 Å². The molecular weight excluding hydrogens is 128 g/mol. The summed E-state index contributed by atoms with van der Waals surface area (Å²) in [5.74, 6) is 1.13. The fourth-order valence-electron chi connectivity index (χ4n) is 2.04. The van der Waals surface area contributed by atoms with Gasteiger partial charge in [-0.25, -0.2) is 0 Å². The highest BCUT2D eigenvalue weighted by Gasteiger charge is 2.50. The first kappa shape index (κ1) is 6.16. The van der Waals surface area contributed by atoms with Crippen molar-refractivity contribution in [2.45, 2.75) is 12.5 Å². The normalized spacial score (nSPS) is 42.7. The largest absolute Gasteiger partial charge is 0.359 e. The molecule has 3 unspecified atom stereocenters. The molecule has 0 aromatic heterocycles. The van der Waals surface area contributed by atoms with Crippen molar-refractivity contribution in [1.82, 2.24) is 10.6 Å². The summed E-state index contributed by atoms with van der Waals surface area (Å²) in [6, 6.07) is 0.491. The summed E-state index contributed by atoms with van der Waals surface area (Å²) in [5, 5.41) is 5.99. The molecule has 0 radical (unpaired) electrons. The summed E-state index contributed by atoms with van der Waals surface area (Å²) >= 11 is 0. The van der Waals surface area contributed by atoms with Crippen molar-refractivity contribution in [1.29, 1.82) is 0 Å². The molecule has 3 nitrogen and oxygen atoms in total. The van der Waals surface area contributed by atoms with Crippen LogP contribution in [0.25, 0.3) is 0 Å². The molecule has 2 bridgehead atoms. The Bertz CT molecular complexity index is 155. The molecular formula is C7H12N2O. The molecule has 3 rings (SSSR count). The van der Waals surface area contributed by atoms with Gasteiger partial charge in [0.25, 0.3) is 0 Å². The van der Waals surface area contributed by atoms with Gasteiger partial charge in [0.15, 0.2) is 0 Å². The lowest BCUT2D eigenvalue weighted by molar-refractivity contribution is -0.128. The van der Waals surface area contributed by atoms with Crippen LogP contribution in [0.5, 0.6) is 0 Å². The van der Waals surface area contributed by atoms with Crippen molar-refractivity contribution >= 4 is 5.91 Å². The van der Waals surface area contributed by atoms with Gasteiger partial charge >= 0.3 is 0 Å². The van der Waals surface area contributed by atoms with Gasteiger partial charge in [0, 0.05) is 13.1 Å². The standard InChI is InChI=1S/C7H12N2O/c1-8-7(10)6-4-2-5(6)9-3-4/h4-6,9H,2-3H2,1H3,(H,8,10). The molecule has 0 aromatic carbocycles. The maximum atomic E-state index is 11.1. The van der Waals surface area contributed by atoms with Gasteiger partial charge in [-0.2, -0.15) is 0 Å². The van der Waals surface area contributed by atoms with Crippen LogP contribution < -0.4 is 10.6 Å². The molecule has 10 heavy (non-hydrogen) atoms. The van der Waals surface area contributed by atoms with E-state index in [0.29, 0.717) is 12.0 Å². The summed E-state index contributed by atoms with van der Waals surface area (Å²) in [6.45, 7) is 1.04. The van der Waals surface area contributed by atoms with E-state index in [4.69, 9.17) is 0 Å². The van der Waals surface area contributed by atoms with E-state index >= 15 is 0 Å². The average molecular weight is 140 g/mol. The van der Waals surface area contributed by atoms with Gasteiger partial charge in [-0.1, -0.05) is 0 Å². The van der Waals surface area contributed by atoms with Crippen LogP contribution in [0.2, 0.25) is 0 Å². The lowest BCUT2D eigenvalue weighted by atomic mass is 9.73. The van der Waals surface area contributed by atoms with Crippen LogP contribution in [-0.2, 0) is 4.79 Å². The topological polar surface area (TPSA) is 41.1 Å². The lowest BCUT2D eigenvalue weighted by Gasteiger charge is -2.32. The molecule has 2 N–H and O–H groups in total. The Morgan fingerprint density at radius 2 is 2.50 bits per heavy atom. The summed E-state index contributed by atoms with van der Waals surface area (Å²) in [4.78, 5) is 11.1. The molecule has 3 atom stereocenters. The average Bonchev–Trinajstić information content (AvgIpc) is 2.44. The number of rotatable bonds is 1. The van der Waals surface area contributed by atoms with Crippen LogP contribution in [0.3, 0.4) is 0 Å². The first-order chi connectivity index (χ1) is 4.83. The van der Waals surface area contributed by atoms with E-state index in [1.807, 2.05) is 0 Å². The number of nitrogens with one attached hydrogen (secondary N) is 2. The smallest absolute Gasteiger partial charge is 0.224 e. The van der Waals surface area contributed by atoms with Gasteiger partial charge in [0.2, 0.25) is 5.91 Å². The van der Waals surface area contributed by atoms with E-state index in [1.54, 1.807) is 7.05 Å². The third-order valence-electron chi connectivity index (χ3n) is 2.69. The van der Waals surface area contributed by atoms with E-state index in [9.17, 15) is 4.79 Å². The molecule has 2 saturated heterocycles. The fraction of sp³-hybridized carbons (Fsp3) is 0.857. The minimum Gasteiger partial charge on any atom is -0.359 e. The van der Waals surface area contributed by atoms with E-state index in [-0.39, 0.29) is 11.8 Å². The van der Waals surface area contributed by atoms with Crippen molar-refractivity contribution < 1.29 is 4.79 Å². The Morgan fingerprint density at radius 3 is 2.90 bits per heavy atom. The third-order valence-corrected chi connectivity index (χ3v) is 2.69. The van der Waals surface area contributed by atoms with Gasteiger partial charge in [-0.3, -0.25) is 4.79 Å². The van der Waals surface area contributed by atoms with Crippen LogP contribution in [-0.4, -0.2) is 25.5 Å². The predicted octanol–water partition coefficient (Wildman–Crippen LogP) is -0.660. The Kier molecular flexibility index (Phi) is 1.20. The number of hydrogen-bond donors (Lipinski definition) is 2. The molecule has 56 valence electrons. The van der Waals surface area contributed by atoms with E-state index in [2.05, 4.69) is 10.6 Å². The number of fused-ring (bicyclic) bond motifs is 1. The van der Waals surface area contributed by atoms with Crippen molar-refractivity contribution in [3.63, 3.8) is 0 Å². The third kappa shape index (κ3) is 0.611. The van der Waals surface area contributed by atoms with E-state index in [1.165, 1.54) is 6.42 Å². The molecule has 1 saturated carbocycles. The minimum absolute atomic E-state index is 0.214. The van der Waals surface area contributed by atoms with Gasteiger partial charge in [-0.05, 0) is 18.9 Å². The molecule has 1 amide bonds. The van der Waals surface area contributed by atoms with Gasteiger partial charge < -0.3 is 10.6 Å². The molecule has 3 heteroatoms. The Balaban J connectivity index is 2.02. The monoisotopic (exact) mass is 140 g/mol. The van der Waals surface area contributed by atoms with Crippen molar-refractivity contribution in [3.05, 3.63) is 0 Å². The lowest BCUT2D eigenvalue weighted by Crippen LogP contribution is -2.46. The SMILES string of the molecule is CNC(=O)C1C2CNC1C2. The predicted molar refractivity (Wildman–Crippen MR) is 37.5 cm³/mol. The second-order valence-electron chi connectivity index (χ2n) is 3.15. The zero-order valence-corrected chi connectivity index (χ0v) is 6.05. The minimum atomic E-state index is 0.214. The quantitative estimate of drug-likeness (QED) is 0.507. The van der Waals surface area contributed by atoms with Crippen LogP contribution in [0.1, 0.15) is 6.42 Å². The highest BCUT2D eigenvalue weighted by atomic mass is 16.1. The Hall–Kier alpha value is -0.570. The highest BCUT2D eigenvalue weighted by molar-refractivity contribution is 5.81. The molecule has 2 heterocycles. The summed E-state index contributed by atoms with van der Waals surface area (Å²) < 4.78 is 0. The molecule has 2 aliphatic heterocycles. The van der Waals surface area contributed by atoms with Gasteiger partial charge in [-0.15, -0.1) is 0 Å². The Morgan fingerprint density at radius 1 is 1.70 bits per heavy atom. The number of amides is 1. The summed E-state index contributed by atoms with van der Waals surface area (Å²) in [6.07, 6.45) is 1.21. The molecule has 3 aliphatic rings. The Labute approximate surface area is 60.2 Å². The zero-order valence-electron chi connectivity index (χ0n) is 6.05. The van der Waals surface area contributed by atoms with E-state index in [0.717, 1.165) is 6.54 Å². The number of carbonyl (C=O) groups excluding carboxylic acids is 1.